The van der Waals surface area contributed by atoms with Gasteiger partial charge >= 0.3 is 0 Å². The molecule has 5 heteroatoms. The topological polar surface area (TPSA) is 69.8 Å². The molecule has 0 bridgehead atoms. The molecule has 1 unspecified atom stereocenters. The molecule has 0 saturated carbocycles. The van der Waals surface area contributed by atoms with Crippen molar-refractivity contribution in [3.8, 4) is 0 Å². The van der Waals surface area contributed by atoms with Gasteiger partial charge in [0, 0.05) is 31.4 Å². The van der Waals surface area contributed by atoms with Gasteiger partial charge in [-0.2, -0.15) is 0 Å². The highest BCUT2D eigenvalue weighted by atomic mass is 16.2. The molecule has 0 spiro atoms. The van der Waals surface area contributed by atoms with Crippen LogP contribution in [0.4, 0.5) is 0 Å². The van der Waals surface area contributed by atoms with Crippen LogP contribution in [-0.2, 0) is 11.2 Å². The van der Waals surface area contributed by atoms with Gasteiger partial charge in [0.2, 0.25) is 5.91 Å². The Morgan fingerprint density at radius 2 is 2.54 bits per heavy atom. The van der Waals surface area contributed by atoms with Crippen LogP contribution in [0, 0.1) is 0 Å². The maximum absolute atomic E-state index is 10.8. The molecule has 0 aromatic carbocycles. The molecule has 1 aliphatic heterocycles. The molecule has 70 valence electrons. The van der Waals surface area contributed by atoms with Crippen LogP contribution in [0.15, 0.2) is 12.4 Å². The van der Waals surface area contributed by atoms with E-state index >= 15 is 0 Å². The van der Waals surface area contributed by atoms with E-state index in [0.29, 0.717) is 19.1 Å². The maximum Gasteiger partial charge on any atom is 0.234 e. The van der Waals surface area contributed by atoms with E-state index in [9.17, 15) is 4.79 Å². The first kappa shape index (κ1) is 8.25. The van der Waals surface area contributed by atoms with E-state index in [1.165, 1.54) is 0 Å². The zero-order valence-corrected chi connectivity index (χ0v) is 7.21. The highest BCUT2D eigenvalue weighted by Gasteiger charge is 2.17. The van der Waals surface area contributed by atoms with Crippen LogP contribution in [0.3, 0.4) is 0 Å². The highest BCUT2D eigenvalue weighted by Crippen LogP contribution is 1.97. The van der Waals surface area contributed by atoms with Crippen molar-refractivity contribution in [3.63, 3.8) is 0 Å². The van der Waals surface area contributed by atoms with E-state index in [2.05, 4.69) is 20.6 Å². The molecule has 1 amide bonds. The number of aromatic nitrogens is 2. The summed E-state index contributed by atoms with van der Waals surface area (Å²) in [7, 11) is 0. The van der Waals surface area contributed by atoms with Crippen molar-refractivity contribution in [3.05, 3.63) is 18.2 Å². The zero-order valence-electron chi connectivity index (χ0n) is 7.21. The molecule has 1 aromatic rings. The van der Waals surface area contributed by atoms with Gasteiger partial charge in [-0.1, -0.05) is 0 Å². The third kappa shape index (κ3) is 2.06. The monoisotopic (exact) mass is 180 g/mol. The van der Waals surface area contributed by atoms with E-state index < -0.39 is 0 Å². The Kier molecular flexibility index (Phi) is 2.27. The summed E-state index contributed by atoms with van der Waals surface area (Å²) in [6, 6.07) is 0.295. The van der Waals surface area contributed by atoms with Crippen molar-refractivity contribution in [2.24, 2.45) is 0 Å². The summed E-state index contributed by atoms with van der Waals surface area (Å²) in [4.78, 5) is 18.0. The fourth-order valence-corrected chi connectivity index (χ4v) is 1.40. The average molecular weight is 180 g/mol. The van der Waals surface area contributed by atoms with Crippen LogP contribution in [0.25, 0.3) is 0 Å². The number of piperazine rings is 1. The minimum atomic E-state index is 0.0655. The molecule has 1 aromatic heterocycles. The number of hydrogen-bond acceptors (Lipinski definition) is 3. The van der Waals surface area contributed by atoms with Crippen LogP contribution in [0.2, 0.25) is 0 Å². The molecule has 1 fully saturated rings. The third-order valence-electron chi connectivity index (χ3n) is 2.09. The van der Waals surface area contributed by atoms with E-state index in [1.807, 2.05) is 0 Å². The van der Waals surface area contributed by atoms with Crippen LogP contribution >= 0.6 is 0 Å². The summed E-state index contributed by atoms with van der Waals surface area (Å²) in [6.45, 7) is 1.09. The molecular formula is C8H12N4O. The maximum atomic E-state index is 10.8. The average Bonchev–Trinajstić information content (AvgIpc) is 2.62. The Morgan fingerprint density at radius 3 is 3.15 bits per heavy atom. The second kappa shape index (κ2) is 3.57. The minimum absolute atomic E-state index is 0.0655. The van der Waals surface area contributed by atoms with Crippen LogP contribution in [0.5, 0.6) is 0 Å². The molecule has 13 heavy (non-hydrogen) atoms. The van der Waals surface area contributed by atoms with Crippen molar-refractivity contribution < 1.29 is 4.79 Å². The number of imidazole rings is 1. The van der Waals surface area contributed by atoms with Crippen molar-refractivity contribution in [2.45, 2.75) is 12.5 Å². The first-order chi connectivity index (χ1) is 6.34. The standard InChI is InChI=1S/C8H12N4O/c13-8-5-11-6(4-12-8)3-7-9-1-2-10-7/h1-2,6,11H,3-5H2,(H,9,10)(H,12,13). The van der Waals surface area contributed by atoms with E-state index in [4.69, 9.17) is 0 Å². The Balaban J connectivity index is 1.86. The predicted molar refractivity (Wildman–Crippen MR) is 47.1 cm³/mol. The summed E-state index contributed by atoms with van der Waals surface area (Å²) < 4.78 is 0. The molecule has 3 N–H and O–H groups in total. The first-order valence-corrected chi connectivity index (χ1v) is 4.33. The lowest BCUT2D eigenvalue weighted by Crippen LogP contribution is -2.52. The number of rotatable bonds is 2. The van der Waals surface area contributed by atoms with E-state index in [0.717, 1.165) is 12.2 Å². The van der Waals surface area contributed by atoms with E-state index in [-0.39, 0.29) is 5.91 Å². The Morgan fingerprint density at radius 1 is 1.62 bits per heavy atom. The van der Waals surface area contributed by atoms with Crippen molar-refractivity contribution in [1.82, 2.24) is 20.6 Å². The molecule has 0 radical (unpaired) electrons. The second-order valence-corrected chi connectivity index (χ2v) is 3.12. The summed E-state index contributed by atoms with van der Waals surface area (Å²) in [6.07, 6.45) is 4.36. The number of aromatic amines is 1. The summed E-state index contributed by atoms with van der Waals surface area (Å²) in [5.74, 6) is 1.02. The predicted octanol–water partition coefficient (Wildman–Crippen LogP) is -0.960. The lowest BCUT2D eigenvalue weighted by molar-refractivity contribution is -0.121. The van der Waals surface area contributed by atoms with Crippen molar-refractivity contribution >= 4 is 5.91 Å². The van der Waals surface area contributed by atoms with Gasteiger partial charge in [0.25, 0.3) is 0 Å². The quantitative estimate of drug-likeness (QED) is 0.549. The number of hydrogen-bond donors (Lipinski definition) is 3. The number of nitrogens with zero attached hydrogens (tertiary/aromatic N) is 1. The number of carbonyl (C=O) groups is 1. The second-order valence-electron chi connectivity index (χ2n) is 3.12. The van der Waals surface area contributed by atoms with Gasteiger partial charge in [-0.15, -0.1) is 0 Å². The van der Waals surface area contributed by atoms with Gasteiger partial charge in [0.15, 0.2) is 0 Å². The largest absolute Gasteiger partial charge is 0.353 e. The molecule has 5 nitrogen and oxygen atoms in total. The first-order valence-electron chi connectivity index (χ1n) is 4.33. The molecule has 1 aliphatic rings. The third-order valence-corrected chi connectivity index (χ3v) is 2.09. The Bertz CT molecular complexity index is 272. The normalized spacial score (nSPS) is 22.8. The van der Waals surface area contributed by atoms with Gasteiger partial charge in [0.05, 0.1) is 6.54 Å². The Labute approximate surface area is 75.9 Å². The van der Waals surface area contributed by atoms with Crippen molar-refractivity contribution in [1.29, 1.82) is 0 Å². The number of amides is 1. The highest BCUT2D eigenvalue weighted by molar-refractivity contribution is 5.78. The molecule has 1 saturated heterocycles. The van der Waals surface area contributed by atoms with Crippen LogP contribution in [0.1, 0.15) is 5.82 Å². The lowest BCUT2D eigenvalue weighted by atomic mass is 10.1. The summed E-state index contributed by atoms with van der Waals surface area (Å²) in [5.41, 5.74) is 0. The minimum Gasteiger partial charge on any atom is -0.353 e. The van der Waals surface area contributed by atoms with Crippen LogP contribution in [-0.4, -0.2) is 35.0 Å². The van der Waals surface area contributed by atoms with Crippen LogP contribution < -0.4 is 10.6 Å². The van der Waals surface area contributed by atoms with Gasteiger partial charge in [-0.3, -0.25) is 4.79 Å². The SMILES string of the molecule is O=C1CNC(Cc2ncc[nH]2)CN1. The fourth-order valence-electron chi connectivity index (χ4n) is 1.40. The summed E-state index contributed by atoms with van der Waals surface area (Å²) in [5, 5.41) is 5.94. The number of H-pyrrole nitrogens is 1. The van der Waals surface area contributed by atoms with E-state index in [1.54, 1.807) is 12.4 Å². The summed E-state index contributed by atoms with van der Waals surface area (Å²) >= 11 is 0. The molecule has 2 heterocycles. The molecule has 2 rings (SSSR count). The molecular weight excluding hydrogens is 168 g/mol. The fraction of sp³-hybridized carbons (Fsp3) is 0.500. The van der Waals surface area contributed by atoms with Gasteiger partial charge in [0.1, 0.15) is 5.82 Å². The molecule has 0 aliphatic carbocycles. The van der Waals surface area contributed by atoms with Gasteiger partial charge in [-0.05, 0) is 0 Å². The lowest BCUT2D eigenvalue weighted by Gasteiger charge is -2.22. The van der Waals surface area contributed by atoms with Gasteiger partial charge < -0.3 is 15.6 Å². The number of carbonyl (C=O) groups excluding carboxylic acids is 1. The van der Waals surface area contributed by atoms with Gasteiger partial charge in [-0.25, -0.2) is 4.98 Å². The Hall–Kier alpha value is -1.36. The smallest absolute Gasteiger partial charge is 0.234 e. The van der Waals surface area contributed by atoms with Crippen molar-refractivity contribution in [2.75, 3.05) is 13.1 Å². The number of nitrogens with one attached hydrogen (secondary N) is 3. The zero-order chi connectivity index (χ0) is 9.10. The molecule has 1 atom stereocenters.